The Morgan fingerprint density at radius 2 is 1.95 bits per heavy atom. The van der Waals surface area contributed by atoms with Crippen LogP contribution in [0.1, 0.15) is 27.2 Å². The number of amides is 1. The summed E-state index contributed by atoms with van der Waals surface area (Å²) in [6, 6.07) is -0.642. The van der Waals surface area contributed by atoms with Gasteiger partial charge in [0.1, 0.15) is 11.2 Å². The number of ether oxygens (including phenoxy) is 2. The summed E-state index contributed by atoms with van der Waals surface area (Å²) in [7, 11) is 0. The van der Waals surface area contributed by atoms with Crippen LogP contribution in [0.4, 0.5) is 4.79 Å². The van der Waals surface area contributed by atoms with Crippen LogP contribution in [0.5, 0.6) is 0 Å². The van der Waals surface area contributed by atoms with Crippen LogP contribution in [-0.4, -0.2) is 40.5 Å². The Hall–Kier alpha value is -0.700. The topological polar surface area (TPSA) is 84.9 Å². The molecule has 2 N–H and O–H groups in total. The minimum Gasteiger partial charge on any atom is -0.444 e. The second-order valence-corrected chi connectivity index (χ2v) is 7.94. The quantitative estimate of drug-likeness (QED) is 0.656. The van der Waals surface area contributed by atoms with E-state index in [4.69, 9.17) is 9.47 Å². The number of ketones is 1. The van der Waals surface area contributed by atoms with Crippen LogP contribution in [0, 0.1) is 0 Å². The Kier molecular flexibility index (Phi) is 4.87. The molecule has 2 unspecified atom stereocenters. The van der Waals surface area contributed by atoms with Gasteiger partial charge in [-0.05, 0) is 64.8 Å². The molecule has 122 valence electrons. The predicted octanol–water partition coefficient (Wildman–Crippen LogP) is 2.50. The second kappa shape index (κ2) is 6.07. The van der Waals surface area contributed by atoms with Gasteiger partial charge >= 0.3 is 6.09 Å². The van der Waals surface area contributed by atoms with Crippen molar-refractivity contribution in [1.29, 1.82) is 0 Å². The smallest absolute Gasteiger partial charge is 0.408 e. The highest BCUT2D eigenvalue weighted by atomic mass is 79.9. The minimum absolute atomic E-state index is 0.202. The predicted molar refractivity (Wildman–Crippen MR) is 86.6 cm³/mol. The van der Waals surface area contributed by atoms with Crippen LogP contribution >= 0.6 is 31.9 Å². The van der Waals surface area contributed by atoms with Gasteiger partial charge in [-0.2, -0.15) is 0 Å². The largest absolute Gasteiger partial charge is 0.444 e. The zero-order valence-electron chi connectivity index (χ0n) is 12.4. The first kappa shape index (κ1) is 17.7. The molecule has 0 saturated carbocycles. The molecule has 8 heteroatoms. The lowest BCUT2D eigenvalue weighted by atomic mass is 9.92. The molecule has 1 heterocycles. The van der Waals surface area contributed by atoms with E-state index in [-0.39, 0.29) is 12.2 Å². The number of rotatable bonds is 1. The van der Waals surface area contributed by atoms with E-state index < -0.39 is 29.6 Å². The third-order valence-electron chi connectivity index (χ3n) is 3.10. The van der Waals surface area contributed by atoms with Crippen molar-refractivity contribution in [2.45, 2.75) is 50.7 Å². The molecule has 1 fully saturated rings. The average Bonchev–Trinajstić information content (AvgIpc) is 2.59. The third kappa shape index (κ3) is 3.98. The van der Waals surface area contributed by atoms with Crippen molar-refractivity contribution >= 4 is 43.7 Å². The van der Waals surface area contributed by atoms with Crippen molar-refractivity contribution in [3.05, 3.63) is 21.1 Å². The molecule has 0 aromatic carbocycles. The average molecular weight is 439 g/mol. The number of aliphatic hydroxyl groups is 1. The van der Waals surface area contributed by atoms with Crippen LogP contribution in [0.25, 0.3) is 0 Å². The summed E-state index contributed by atoms with van der Waals surface area (Å²) in [5.74, 6) is -0.202. The van der Waals surface area contributed by atoms with Gasteiger partial charge in [0.15, 0.2) is 6.29 Å². The number of aliphatic hydroxyl groups excluding tert-OH is 1. The normalized spacial score (nSPS) is 27.5. The van der Waals surface area contributed by atoms with Gasteiger partial charge in [0.2, 0.25) is 5.78 Å². The number of hydrogen-bond acceptors (Lipinski definition) is 5. The summed E-state index contributed by atoms with van der Waals surface area (Å²) in [5.41, 5.74) is -1.58. The van der Waals surface area contributed by atoms with Crippen LogP contribution < -0.4 is 5.32 Å². The lowest BCUT2D eigenvalue weighted by Gasteiger charge is -2.25. The first-order valence-corrected chi connectivity index (χ1v) is 8.27. The molecule has 1 spiro atoms. The monoisotopic (exact) mass is 437 g/mol. The van der Waals surface area contributed by atoms with Crippen LogP contribution in [-0.2, 0) is 14.3 Å². The minimum atomic E-state index is -1.20. The maximum absolute atomic E-state index is 11.8. The summed E-state index contributed by atoms with van der Waals surface area (Å²) >= 11 is 6.35. The van der Waals surface area contributed by atoms with Crippen molar-refractivity contribution in [2.75, 3.05) is 0 Å². The number of nitrogens with one attached hydrogen (secondary N) is 1. The highest BCUT2D eigenvalue weighted by Gasteiger charge is 2.47. The van der Waals surface area contributed by atoms with Gasteiger partial charge in [-0.1, -0.05) is 0 Å². The molecule has 0 radical (unpaired) electrons. The number of hydrogen-bond donors (Lipinski definition) is 2. The Labute approximate surface area is 145 Å². The maximum Gasteiger partial charge on any atom is 0.408 e. The lowest BCUT2D eigenvalue weighted by Crippen LogP contribution is -2.43. The molecule has 1 saturated heterocycles. The van der Waals surface area contributed by atoms with Crippen molar-refractivity contribution in [1.82, 2.24) is 5.32 Å². The fourth-order valence-corrected chi connectivity index (χ4v) is 3.75. The highest BCUT2D eigenvalue weighted by molar-refractivity contribution is 9.13. The zero-order valence-corrected chi connectivity index (χ0v) is 15.5. The van der Waals surface area contributed by atoms with Gasteiger partial charge in [0, 0.05) is 6.42 Å². The van der Waals surface area contributed by atoms with Gasteiger partial charge in [-0.25, -0.2) is 4.79 Å². The SMILES string of the molecule is CC(C)(C)OC(=O)NC1CC2(C=C(Br)C(=O)C(Br)=C2)OC1O. The van der Waals surface area contributed by atoms with Crippen molar-refractivity contribution in [3.8, 4) is 0 Å². The molecule has 2 atom stereocenters. The summed E-state index contributed by atoms with van der Waals surface area (Å²) in [6.45, 7) is 5.26. The Balaban J connectivity index is 2.10. The third-order valence-corrected chi connectivity index (χ3v) is 4.28. The molecule has 0 bridgehead atoms. The summed E-state index contributed by atoms with van der Waals surface area (Å²) < 4.78 is 11.4. The molecule has 6 nitrogen and oxygen atoms in total. The standard InChI is InChI=1S/C14H17Br2NO5/c1-13(2,3)22-12(20)17-9-6-14(21-11(9)19)4-7(15)10(18)8(16)5-14/h4-5,9,11,19H,6H2,1-3H3,(H,17,20). The Bertz CT molecular complexity index is 542. The van der Waals surface area contributed by atoms with Crippen molar-refractivity contribution < 1.29 is 24.2 Å². The second-order valence-electron chi connectivity index (χ2n) is 6.23. The van der Waals surface area contributed by atoms with E-state index in [0.29, 0.717) is 8.96 Å². The van der Waals surface area contributed by atoms with Crippen molar-refractivity contribution in [2.24, 2.45) is 0 Å². The van der Waals surface area contributed by atoms with E-state index in [0.717, 1.165) is 0 Å². The van der Waals surface area contributed by atoms with Crippen LogP contribution in [0.2, 0.25) is 0 Å². The number of carbonyl (C=O) groups is 2. The van der Waals surface area contributed by atoms with E-state index >= 15 is 0 Å². The number of alkyl carbamates (subject to hydrolysis) is 1. The molecular weight excluding hydrogens is 422 g/mol. The van der Waals surface area contributed by atoms with E-state index in [1.54, 1.807) is 32.9 Å². The van der Waals surface area contributed by atoms with E-state index in [9.17, 15) is 14.7 Å². The van der Waals surface area contributed by atoms with Crippen LogP contribution in [0.3, 0.4) is 0 Å². The maximum atomic E-state index is 11.8. The molecule has 2 rings (SSSR count). The Morgan fingerprint density at radius 1 is 1.41 bits per heavy atom. The first-order valence-electron chi connectivity index (χ1n) is 6.68. The number of halogens is 2. The van der Waals surface area contributed by atoms with Crippen LogP contribution in [0.15, 0.2) is 21.1 Å². The van der Waals surface area contributed by atoms with Gasteiger partial charge in [-0.3, -0.25) is 4.79 Å². The van der Waals surface area contributed by atoms with Gasteiger partial charge in [-0.15, -0.1) is 0 Å². The first-order chi connectivity index (χ1) is 10.0. The van der Waals surface area contributed by atoms with Crippen molar-refractivity contribution in [3.63, 3.8) is 0 Å². The molecule has 1 aliphatic heterocycles. The van der Waals surface area contributed by atoms with Gasteiger partial charge in [0.25, 0.3) is 0 Å². The Morgan fingerprint density at radius 3 is 2.45 bits per heavy atom. The molecular formula is C14H17Br2NO5. The zero-order chi connectivity index (χ0) is 16.7. The van der Waals surface area contributed by atoms with E-state index in [2.05, 4.69) is 37.2 Å². The number of allylic oxidation sites excluding steroid dienone is 2. The fourth-order valence-electron chi connectivity index (χ4n) is 2.28. The number of carbonyl (C=O) groups excluding carboxylic acids is 2. The molecule has 2 aliphatic rings. The molecule has 22 heavy (non-hydrogen) atoms. The summed E-state index contributed by atoms with van der Waals surface area (Å²) in [5, 5.41) is 12.6. The molecule has 1 amide bonds. The fraction of sp³-hybridized carbons (Fsp3) is 0.571. The van der Waals surface area contributed by atoms with Gasteiger partial charge < -0.3 is 19.9 Å². The van der Waals surface area contributed by atoms with E-state index in [1.165, 1.54) is 0 Å². The van der Waals surface area contributed by atoms with E-state index in [1.807, 2.05) is 0 Å². The lowest BCUT2D eigenvalue weighted by molar-refractivity contribution is -0.116. The molecule has 0 aromatic heterocycles. The summed E-state index contributed by atoms with van der Waals surface area (Å²) in [6.07, 6.45) is 1.62. The molecule has 1 aliphatic carbocycles. The molecule has 0 aromatic rings. The van der Waals surface area contributed by atoms with Gasteiger partial charge in [0.05, 0.1) is 15.0 Å². The highest BCUT2D eigenvalue weighted by Crippen LogP contribution is 2.40. The summed E-state index contributed by atoms with van der Waals surface area (Å²) in [4.78, 5) is 23.5. The number of Topliss-reactive ketones (excluding diaryl/α,β-unsaturated/α-hetero) is 1.